The van der Waals surface area contributed by atoms with Crippen LogP contribution in [-0.4, -0.2) is 25.7 Å². The highest BCUT2D eigenvalue weighted by Crippen LogP contribution is 2.21. The van der Waals surface area contributed by atoms with E-state index in [1.807, 2.05) is 43.3 Å². The van der Waals surface area contributed by atoms with E-state index in [-0.39, 0.29) is 6.03 Å². The molecular formula is C18H20Cl2N2O2. The first-order valence-electron chi connectivity index (χ1n) is 7.69. The molecule has 0 aliphatic heterocycles. The molecule has 2 N–H and O–H groups in total. The van der Waals surface area contributed by atoms with Crippen LogP contribution >= 0.6 is 23.2 Å². The average molecular weight is 367 g/mol. The predicted molar refractivity (Wildman–Crippen MR) is 98.2 cm³/mol. The quantitative estimate of drug-likeness (QED) is 0.720. The molecule has 0 bridgehead atoms. The Hall–Kier alpha value is -1.91. The normalized spacial score (nSPS) is 10.3. The van der Waals surface area contributed by atoms with Gasteiger partial charge in [-0.05, 0) is 54.8 Å². The Balaban J connectivity index is 1.60. The molecule has 0 saturated heterocycles. The maximum atomic E-state index is 11.7. The van der Waals surface area contributed by atoms with Gasteiger partial charge in [0.25, 0.3) is 0 Å². The Labute approximate surface area is 152 Å². The maximum Gasteiger partial charge on any atom is 0.314 e. The van der Waals surface area contributed by atoms with Crippen LogP contribution in [0, 0.1) is 6.92 Å². The number of nitrogens with one attached hydrogen (secondary N) is 2. The summed E-state index contributed by atoms with van der Waals surface area (Å²) >= 11 is 11.7. The Morgan fingerprint density at radius 2 is 1.67 bits per heavy atom. The zero-order valence-electron chi connectivity index (χ0n) is 13.4. The molecule has 2 rings (SSSR count). The van der Waals surface area contributed by atoms with Gasteiger partial charge in [-0.25, -0.2) is 4.79 Å². The summed E-state index contributed by atoms with van der Waals surface area (Å²) in [6.07, 6.45) is 0.755. The van der Waals surface area contributed by atoms with Crippen LogP contribution in [0.15, 0.2) is 42.5 Å². The lowest BCUT2D eigenvalue weighted by molar-refractivity contribution is 0.236. The highest BCUT2D eigenvalue weighted by molar-refractivity contribution is 6.30. The van der Waals surface area contributed by atoms with Gasteiger partial charge in [-0.15, -0.1) is 0 Å². The van der Waals surface area contributed by atoms with Gasteiger partial charge in [0.2, 0.25) is 0 Å². The number of carbonyl (C=O) groups excluding carboxylic acids is 1. The highest BCUT2D eigenvalue weighted by Gasteiger charge is 2.02. The number of amides is 2. The standard InChI is InChI=1S/C18H20Cl2N2O2/c1-13-12-16(20)6-7-17(13)24-11-10-22-18(23)21-9-8-14-2-4-15(19)5-3-14/h2-7,12H,8-11H2,1H3,(H2,21,22,23). The van der Waals surface area contributed by atoms with E-state index in [4.69, 9.17) is 27.9 Å². The van der Waals surface area contributed by atoms with Gasteiger partial charge in [0.1, 0.15) is 12.4 Å². The molecule has 0 saturated carbocycles. The first kappa shape index (κ1) is 18.4. The van der Waals surface area contributed by atoms with E-state index < -0.39 is 0 Å². The van der Waals surface area contributed by atoms with Crippen LogP contribution in [0.1, 0.15) is 11.1 Å². The number of ether oxygens (including phenoxy) is 1. The number of rotatable bonds is 7. The van der Waals surface area contributed by atoms with Crippen LogP contribution in [-0.2, 0) is 6.42 Å². The van der Waals surface area contributed by atoms with Crippen molar-refractivity contribution in [2.24, 2.45) is 0 Å². The molecule has 24 heavy (non-hydrogen) atoms. The second kappa shape index (κ2) is 9.40. The second-order valence-electron chi connectivity index (χ2n) is 5.32. The number of benzene rings is 2. The fourth-order valence-electron chi connectivity index (χ4n) is 2.13. The van der Waals surface area contributed by atoms with Crippen LogP contribution in [0.5, 0.6) is 5.75 Å². The van der Waals surface area contributed by atoms with E-state index in [0.717, 1.165) is 23.3 Å². The molecule has 2 aromatic rings. The fraction of sp³-hybridized carbons (Fsp3) is 0.278. The van der Waals surface area contributed by atoms with E-state index >= 15 is 0 Å². The summed E-state index contributed by atoms with van der Waals surface area (Å²) in [5.74, 6) is 0.768. The summed E-state index contributed by atoms with van der Waals surface area (Å²) in [5, 5.41) is 6.95. The zero-order chi connectivity index (χ0) is 17.4. The van der Waals surface area contributed by atoms with Gasteiger partial charge < -0.3 is 15.4 Å². The van der Waals surface area contributed by atoms with Gasteiger partial charge >= 0.3 is 6.03 Å². The number of hydrogen-bond acceptors (Lipinski definition) is 2. The Bertz CT molecular complexity index is 675. The van der Waals surface area contributed by atoms with Crippen LogP contribution in [0.4, 0.5) is 4.79 Å². The predicted octanol–water partition coefficient (Wildman–Crippen LogP) is 4.22. The third kappa shape index (κ3) is 6.30. The number of hydrogen-bond donors (Lipinski definition) is 2. The first-order valence-corrected chi connectivity index (χ1v) is 8.45. The third-order valence-electron chi connectivity index (χ3n) is 3.39. The molecule has 128 valence electrons. The molecule has 0 spiro atoms. The summed E-state index contributed by atoms with van der Waals surface area (Å²) in [6.45, 7) is 3.31. The molecule has 0 radical (unpaired) electrons. The van der Waals surface area contributed by atoms with Crippen molar-refractivity contribution in [1.29, 1.82) is 0 Å². The minimum atomic E-state index is -0.208. The molecule has 2 amide bonds. The summed E-state index contributed by atoms with van der Waals surface area (Å²) < 4.78 is 5.61. The van der Waals surface area contributed by atoms with E-state index in [9.17, 15) is 4.79 Å². The smallest absolute Gasteiger partial charge is 0.314 e. The van der Waals surface area contributed by atoms with Crippen molar-refractivity contribution in [1.82, 2.24) is 10.6 Å². The van der Waals surface area contributed by atoms with Crippen molar-refractivity contribution in [3.8, 4) is 5.75 Å². The van der Waals surface area contributed by atoms with Crippen LogP contribution in [0.3, 0.4) is 0 Å². The van der Waals surface area contributed by atoms with E-state index in [0.29, 0.717) is 29.7 Å². The van der Waals surface area contributed by atoms with Crippen molar-refractivity contribution in [3.63, 3.8) is 0 Å². The topological polar surface area (TPSA) is 50.4 Å². The van der Waals surface area contributed by atoms with E-state index in [1.165, 1.54) is 0 Å². The van der Waals surface area contributed by atoms with Gasteiger partial charge in [0.15, 0.2) is 0 Å². The van der Waals surface area contributed by atoms with E-state index in [1.54, 1.807) is 6.07 Å². The second-order valence-corrected chi connectivity index (χ2v) is 6.19. The number of halogens is 2. The molecule has 0 atom stereocenters. The molecule has 0 unspecified atom stereocenters. The van der Waals surface area contributed by atoms with Crippen molar-refractivity contribution in [3.05, 3.63) is 63.6 Å². The first-order chi connectivity index (χ1) is 11.5. The Kier molecular flexibility index (Phi) is 7.22. The minimum absolute atomic E-state index is 0.208. The van der Waals surface area contributed by atoms with Crippen LogP contribution in [0.25, 0.3) is 0 Å². The van der Waals surface area contributed by atoms with Gasteiger partial charge in [-0.2, -0.15) is 0 Å². The lowest BCUT2D eigenvalue weighted by Crippen LogP contribution is -2.38. The van der Waals surface area contributed by atoms with Gasteiger partial charge in [-0.1, -0.05) is 35.3 Å². The van der Waals surface area contributed by atoms with Crippen molar-refractivity contribution >= 4 is 29.2 Å². The minimum Gasteiger partial charge on any atom is -0.491 e. The average Bonchev–Trinajstić information content (AvgIpc) is 2.55. The molecule has 4 nitrogen and oxygen atoms in total. The fourth-order valence-corrected chi connectivity index (χ4v) is 2.49. The zero-order valence-corrected chi connectivity index (χ0v) is 15.0. The highest BCUT2D eigenvalue weighted by atomic mass is 35.5. The number of urea groups is 1. The largest absolute Gasteiger partial charge is 0.491 e. The van der Waals surface area contributed by atoms with Crippen molar-refractivity contribution in [2.75, 3.05) is 19.7 Å². The molecule has 6 heteroatoms. The van der Waals surface area contributed by atoms with Crippen molar-refractivity contribution in [2.45, 2.75) is 13.3 Å². The van der Waals surface area contributed by atoms with E-state index in [2.05, 4.69) is 10.6 Å². The maximum absolute atomic E-state index is 11.7. The molecule has 0 heterocycles. The summed E-state index contributed by atoms with van der Waals surface area (Å²) in [4.78, 5) is 11.7. The SMILES string of the molecule is Cc1cc(Cl)ccc1OCCNC(=O)NCCc1ccc(Cl)cc1. The molecule has 0 aliphatic rings. The Morgan fingerprint density at radius 1 is 1.00 bits per heavy atom. The lowest BCUT2D eigenvalue weighted by atomic mass is 10.1. The van der Waals surface area contributed by atoms with Gasteiger partial charge in [0.05, 0.1) is 6.54 Å². The summed E-state index contributed by atoms with van der Waals surface area (Å²) in [6, 6.07) is 12.8. The molecular weight excluding hydrogens is 347 g/mol. The Morgan fingerprint density at radius 3 is 2.38 bits per heavy atom. The lowest BCUT2D eigenvalue weighted by Gasteiger charge is -2.11. The van der Waals surface area contributed by atoms with Crippen molar-refractivity contribution < 1.29 is 9.53 Å². The molecule has 0 aliphatic carbocycles. The van der Waals surface area contributed by atoms with Gasteiger partial charge in [0, 0.05) is 16.6 Å². The monoisotopic (exact) mass is 366 g/mol. The summed E-state index contributed by atoms with van der Waals surface area (Å²) in [7, 11) is 0. The third-order valence-corrected chi connectivity index (χ3v) is 3.88. The van der Waals surface area contributed by atoms with Crippen LogP contribution in [0.2, 0.25) is 10.0 Å². The van der Waals surface area contributed by atoms with Gasteiger partial charge in [-0.3, -0.25) is 0 Å². The molecule has 0 fully saturated rings. The number of aryl methyl sites for hydroxylation is 1. The van der Waals surface area contributed by atoms with Crippen LogP contribution < -0.4 is 15.4 Å². The molecule has 0 aromatic heterocycles. The summed E-state index contributed by atoms with van der Waals surface area (Å²) in [5.41, 5.74) is 2.09. The number of carbonyl (C=O) groups is 1. The molecule has 2 aromatic carbocycles.